The third-order valence-electron chi connectivity index (χ3n) is 5.85. The maximum absolute atomic E-state index is 12.7. The number of nitrogens with zero attached hydrogens (tertiary/aromatic N) is 1. The minimum atomic E-state index is -0.365. The molecule has 0 radical (unpaired) electrons. The molecule has 4 rings (SSSR count). The molecule has 0 saturated heterocycles. The van der Waals surface area contributed by atoms with E-state index in [2.05, 4.69) is 50.7 Å². The summed E-state index contributed by atoms with van der Waals surface area (Å²) in [7, 11) is 1.58. The van der Waals surface area contributed by atoms with Crippen molar-refractivity contribution >= 4 is 38.8 Å². The number of methoxy groups -OCH3 is 1. The van der Waals surface area contributed by atoms with Crippen molar-refractivity contribution in [2.75, 3.05) is 20.3 Å². The van der Waals surface area contributed by atoms with Crippen LogP contribution in [0.25, 0.3) is 10.8 Å². The number of hydrogen-bond acceptors (Lipinski definition) is 6. The van der Waals surface area contributed by atoms with Gasteiger partial charge in [0, 0.05) is 5.56 Å². The molecule has 7 nitrogen and oxygen atoms in total. The molecule has 0 bridgehead atoms. The Kier molecular flexibility index (Phi) is 9.80. The average Bonchev–Trinajstić information content (AvgIpc) is 2.95. The number of fused-ring (bicyclic) bond motifs is 1. The van der Waals surface area contributed by atoms with E-state index in [1.807, 2.05) is 38.1 Å². The van der Waals surface area contributed by atoms with Crippen molar-refractivity contribution in [3.05, 3.63) is 94.0 Å². The Morgan fingerprint density at radius 3 is 2.54 bits per heavy atom. The van der Waals surface area contributed by atoms with E-state index in [0.29, 0.717) is 52.9 Å². The molecule has 0 saturated carbocycles. The summed E-state index contributed by atoms with van der Waals surface area (Å²) in [6.45, 7) is 5.33. The molecule has 4 aromatic rings. The van der Waals surface area contributed by atoms with Gasteiger partial charge in [-0.2, -0.15) is 5.10 Å². The number of hydrogen-bond donors (Lipinski definition) is 1. The molecule has 4 aromatic carbocycles. The fourth-order valence-electron chi connectivity index (χ4n) is 4.00. The van der Waals surface area contributed by atoms with E-state index in [1.54, 1.807) is 37.6 Å². The Morgan fingerprint density at radius 1 is 0.923 bits per heavy atom. The molecule has 0 aliphatic heterocycles. The molecule has 0 heterocycles. The van der Waals surface area contributed by atoms with Crippen LogP contribution < -0.4 is 24.4 Å². The SMILES string of the molecule is CCCOc1ccc(C(=O)N/N=C/c2cc(Br)c(OCc3cccc4ccccc34)c(OC)c2)cc1OCC. The molecule has 0 unspecified atom stereocenters. The van der Waals surface area contributed by atoms with Crippen molar-refractivity contribution in [2.24, 2.45) is 5.10 Å². The first-order chi connectivity index (χ1) is 19.0. The lowest BCUT2D eigenvalue weighted by molar-refractivity contribution is 0.0954. The third kappa shape index (κ3) is 7.09. The minimum absolute atomic E-state index is 0.365. The number of rotatable bonds is 12. The van der Waals surface area contributed by atoms with E-state index in [0.717, 1.165) is 28.3 Å². The number of benzene rings is 4. The summed E-state index contributed by atoms with van der Waals surface area (Å²) in [4.78, 5) is 12.7. The first kappa shape index (κ1) is 28.0. The maximum Gasteiger partial charge on any atom is 0.271 e. The number of halogens is 1. The zero-order chi connectivity index (χ0) is 27.6. The number of nitrogens with one attached hydrogen (secondary N) is 1. The van der Waals surface area contributed by atoms with Crippen molar-refractivity contribution < 1.29 is 23.7 Å². The van der Waals surface area contributed by atoms with Crippen LogP contribution in [0.5, 0.6) is 23.0 Å². The summed E-state index contributed by atoms with van der Waals surface area (Å²) >= 11 is 3.59. The highest BCUT2D eigenvalue weighted by Gasteiger charge is 2.14. The highest BCUT2D eigenvalue weighted by Crippen LogP contribution is 2.37. The lowest BCUT2D eigenvalue weighted by Crippen LogP contribution is -2.17. The first-order valence-electron chi connectivity index (χ1n) is 12.7. The summed E-state index contributed by atoms with van der Waals surface area (Å²) in [6.07, 6.45) is 2.42. The highest BCUT2D eigenvalue weighted by atomic mass is 79.9. The summed E-state index contributed by atoms with van der Waals surface area (Å²) in [6, 6.07) is 23.1. The van der Waals surface area contributed by atoms with Gasteiger partial charge in [0.2, 0.25) is 0 Å². The maximum atomic E-state index is 12.7. The second kappa shape index (κ2) is 13.7. The molecule has 0 aliphatic carbocycles. The van der Waals surface area contributed by atoms with Crippen LogP contribution in [0.3, 0.4) is 0 Å². The lowest BCUT2D eigenvalue weighted by Gasteiger charge is -2.14. The molecule has 0 aliphatic rings. The number of carbonyl (C=O) groups excluding carboxylic acids is 1. The minimum Gasteiger partial charge on any atom is -0.493 e. The van der Waals surface area contributed by atoms with Crippen LogP contribution in [0.2, 0.25) is 0 Å². The third-order valence-corrected chi connectivity index (χ3v) is 6.44. The first-order valence-corrected chi connectivity index (χ1v) is 13.5. The molecular formula is C31H31BrN2O5. The van der Waals surface area contributed by atoms with E-state index in [4.69, 9.17) is 18.9 Å². The summed E-state index contributed by atoms with van der Waals surface area (Å²) in [5.41, 5.74) is 4.77. The van der Waals surface area contributed by atoms with Gasteiger partial charge >= 0.3 is 0 Å². The molecule has 0 spiro atoms. The van der Waals surface area contributed by atoms with Crippen molar-refractivity contribution in [3.8, 4) is 23.0 Å². The van der Waals surface area contributed by atoms with Crippen LogP contribution in [-0.4, -0.2) is 32.4 Å². The topological polar surface area (TPSA) is 78.4 Å². The van der Waals surface area contributed by atoms with Gasteiger partial charge in [-0.3, -0.25) is 4.79 Å². The van der Waals surface area contributed by atoms with Crippen LogP contribution in [0.4, 0.5) is 0 Å². The Labute approximate surface area is 236 Å². The Hall–Kier alpha value is -4.04. The molecular weight excluding hydrogens is 560 g/mol. The molecule has 0 atom stereocenters. The van der Waals surface area contributed by atoms with Crippen LogP contribution in [-0.2, 0) is 6.61 Å². The van der Waals surface area contributed by atoms with Gasteiger partial charge in [-0.1, -0.05) is 49.4 Å². The predicted molar refractivity (Wildman–Crippen MR) is 157 cm³/mol. The second-order valence-electron chi connectivity index (χ2n) is 8.60. The van der Waals surface area contributed by atoms with Crippen LogP contribution in [0, 0.1) is 0 Å². The van der Waals surface area contributed by atoms with Crippen molar-refractivity contribution in [2.45, 2.75) is 26.9 Å². The monoisotopic (exact) mass is 590 g/mol. The zero-order valence-electron chi connectivity index (χ0n) is 22.2. The van der Waals surface area contributed by atoms with E-state index >= 15 is 0 Å². The molecule has 8 heteroatoms. The number of amides is 1. The van der Waals surface area contributed by atoms with Gasteiger partial charge < -0.3 is 18.9 Å². The molecule has 39 heavy (non-hydrogen) atoms. The van der Waals surface area contributed by atoms with E-state index in [1.165, 1.54) is 0 Å². The average molecular weight is 592 g/mol. The van der Waals surface area contributed by atoms with Gasteiger partial charge in [0.15, 0.2) is 23.0 Å². The van der Waals surface area contributed by atoms with Crippen molar-refractivity contribution in [1.82, 2.24) is 5.43 Å². The summed E-state index contributed by atoms with van der Waals surface area (Å²) in [5, 5.41) is 6.43. The molecule has 0 aromatic heterocycles. The summed E-state index contributed by atoms with van der Waals surface area (Å²) in [5.74, 6) is 1.89. The normalized spacial score (nSPS) is 11.0. The van der Waals surface area contributed by atoms with E-state index in [9.17, 15) is 4.79 Å². The fourth-order valence-corrected chi connectivity index (χ4v) is 4.58. The standard InChI is InChI=1S/C31H31BrN2O5/c1-4-15-38-27-14-13-23(18-28(27)37-5-2)31(35)34-33-19-21-16-26(32)30(29(17-21)36-3)39-20-24-11-8-10-22-9-6-7-12-25(22)24/h6-14,16-19H,4-5,15,20H2,1-3H3,(H,34,35)/b33-19+. The number of ether oxygens (including phenoxy) is 4. The van der Waals surface area contributed by atoms with Crippen molar-refractivity contribution in [1.29, 1.82) is 0 Å². The van der Waals surface area contributed by atoms with Crippen LogP contribution in [0.1, 0.15) is 41.8 Å². The highest BCUT2D eigenvalue weighted by molar-refractivity contribution is 9.10. The zero-order valence-corrected chi connectivity index (χ0v) is 23.8. The Balaban J connectivity index is 1.44. The van der Waals surface area contributed by atoms with Gasteiger partial charge in [0.25, 0.3) is 5.91 Å². The van der Waals surface area contributed by atoms with Crippen LogP contribution in [0.15, 0.2) is 82.4 Å². The second-order valence-corrected chi connectivity index (χ2v) is 9.46. The lowest BCUT2D eigenvalue weighted by atomic mass is 10.1. The Morgan fingerprint density at radius 2 is 1.74 bits per heavy atom. The van der Waals surface area contributed by atoms with Gasteiger partial charge in [0.1, 0.15) is 6.61 Å². The quantitative estimate of drug-likeness (QED) is 0.140. The molecule has 1 N–H and O–H groups in total. The Bertz CT molecular complexity index is 1470. The number of hydrazone groups is 1. The van der Waals surface area contributed by atoms with Crippen molar-refractivity contribution in [3.63, 3.8) is 0 Å². The van der Waals surface area contributed by atoms with Crippen LogP contribution >= 0.6 is 15.9 Å². The number of carbonyl (C=O) groups is 1. The fraction of sp³-hybridized carbons (Fsp3) is 0.226. The van der Waals surface area contributed by atoms with Gasteiger partial charge in [0.05, 0.1) is 31.0 Å². The van der Waals surface area contributed by atoms with E-state index < -0.39 is 0 Å². The molecule has 1 amide bonds. The van der Waals surface area contributed by atoms with Gasteiger partial charge in [-0.15, -0.1) is 0 Å². The predicted octanol–water partition coefficient (Wildman–Crippen LogP) is 7.14. The van der Waals surface area contributed by atoms with E-state index in [-0.39, 0.29) is 5.91 Å². The molecule has 0 fully saturated rings. The van der Waals surface area contributed by atoms with Gasteiger partial charge in [-0.05, 0) is 81.5 Å². The summed E-state index contributed by atoms with van der Waals surface area (Å²) < 4.78 is 23.8. The van der Waals surface area contributed by atoms with Gasteiger partial charge in [-0.25, -0.2) is 5.43 Å². The largest absolute Gasteiger partial charge is 0.493 e. The smallest absolute Gasteiger partial charge is 0.271 e. The molecule has 202 valence electrons.